The van der Waals surface area contributed by atoms with Gasteiger partial charge in [-0.15, -0.1) is 0 Å². The molecule has 1 aliphatic heterocycles. The van der Waals surface area contributed by atoms with E-state index in [2.05, 4.69) is 4.72 Å². The zero-order valence-electron chi connectivity index (χ0n) is 17.4. The fourth-order valence-corrected chi connectivity index (χ4v) is 5.47. The van der Waals surface area contributed by atoms with Gasteiger partial charge in [0.2, 0.25) is 0 Å². The molecule has 0 radical (unpaired) electrons. The van der Waals surface area contributed by atoms with Crippen molar-refractivity contribution in [2.45, 2.75) is 42.9 Å². The van der Waals surface area contributed by atoms with Crippen LogP contribution >= 0.6 is 0 Å². The summed E-state index contributed by atoms with van der Waals surface area (Å²) in [5.41, 5.74) is 2.04. The van der Waals surface area contributed by atoms with E-state index in [1.165, 1.54) is 30.9 Å². The summed E-state index contributed by atoms with van der Waals surface area (Å²) in [7, 11) is -3.82. The molecule has 0 atom stereocenters. The average Bonchev–Trinajstić information content (AvgIpc) is 2.80. The van der Waals surface area contributed by atoms with Crippen molar-refractivity contribution in [3.8, 4) is 0 Å². The van der Waals surface area contributed by atoms with Gasteiger partial charge < -0.3 is 14.7 Å². The lowest BCUT2D eigenvalue weighted by Gasteiger charge is -2.30. The van der Waals surface area contributed by atoms with Crippen molar-refractivity contribution in [2.75, 3.05) is 35.9 Å². The Morgan fingerprint density at radius 2 is 1.68 bits per heavy atom. The third kappa shape index (κ3) is 5.02. The summed E-state index contributed by atoms with van der Waals surface area (Å²) >= 11 is 0. The number of hydrogen-bond donors (Lipinski definition) is 2. The molecule has 2 aromatic carbocycles. The van der Waals surface area contributed by atoms with Crippen molar-refractivity contribution in [2.24, 2.45) is 0 Å². The summed E-state index contributed by atoms with van der Waals surface area (Å²) in [6.45, 7) is 2.26. The first-order valence-electron chi connectivity index (χ1n) is 10.8. The Labute approximate surface area is 183 Å². The largest absolute Gasteiger partial charge is 0.478 e. The number of ether oxygens (including phenoxy) is 1. The van der Waals surface area contributed by atoms with Crippen LogP contribution in [0.2, 0.25) is 0 Å². The molecule has 0 spiro atoms. The second-order valence-electron chi connectivity index (χ2n) is 8.15. The topological polar surface area (TPSA) is 95.9 Å². The second kappa shape index (κ2) is 9.28. The van der Waals surface area contributed by atoms with Gasteiger partial charge in [-0.1, -0.05) is 31.4 Å². The molecular weight excluding hydrogens is 416 g/mol. The highest BCUT2D eigenvalue weighted by Crippen LogP contribution is 2.33. The molecule has 0 aromatic heterocycles. The molecule has 0 amide bonds. The maximum Gasteiger partial charge on any atom is 0.337 e. The van der Waals surface area contributed by atoms with Crippen LogP contribution in [0.15, 0.2) is 47.4 Å². The smallest absolute Gasteiger partial charge is 0.337 e. The van der Waals surface area contributed by atoms with Crippen molar-refractivity contribution >= 4 is 27.4 Å². The molecule has 2 aromatic rings. The summed E-state index contributed by atoms with van der Waals surface area (Å²) < 4.78 is 33.6. The number of benzene rings is 2. The fourth-order valence-electron chi connectivity index (χ4n) is 4.42. The van der Waals surface area contributed by atoms with E-state index in [0.29, 0.717) is 37.9 Å². The van der Waals surface area contributed by atoms with Crippen LogP contribution in [0.1, 0.15) is 53.9 Å². The third-order valence-corrected chi connectivity index (χ3v) is 7.50. The fraction of sp³-hybridized carbons (Fsp3) is 0.435. The lowest BCUT2D eigenvalue weighted by atomic mass is 9.84. The molecule has 0 unspecified atom stereocenters. The minimum Gasteiger partial charge on any atom is -0.478 e. The lowest BCUT2D eigenvalue weighted by Crippen LogP contribution is -2.37. The minimum absolute atomic E-state index is 0.0646. The van der Waals surface area contributed by atoms with Crippen molar-refractivity contribution in [1.82, 2.24) is 0 Å². The Morgan fingerprint density at radius 1 is 1.00 bits per heavy atom. The predicted octanol–water partition coefficient (Wildman–Crippen LogP) is 4.07. The minimum atomic E-state index is -3.82. The number of hydrogen-bond acceptors (Lipinski definition) is 5. The molecule has 1 saturated carbocycles. The van der Waals surface area contributed by atoms with Gasteiger partial charge in [0.15, 0.2) is 0 Å². The molecule has 166 valence electrons. The van der Waals surface area contributed by atoms with Crippen molar-refractivity contribution in [1.29, 1.82) is 0 Å². The molecule has 1 aliphatic carbocycles. The van der Waals surface area contributed by atoms with E-state index in [-0.39, 0.29) is 16.1 Å². The molecule has 0 bridgehead atoms. The first-order valence-corrected chi connectivity index (χ1v) is 12.3. The molecule has 8 heteroatoms. The highest BCUT2D eigenvalue weighted by Gasteiger charge is 2.22. The molecule has 4 rings (SSSR count). The van der Waals surface area contributed by atoms with E-state index in [1.54, 1.807) is 24.3 Å². The number of sulfonamides is 1. The van der Waals surface area contributed by atoms with Crippen molar-refractivity contribution in [3.63, 3.8) is 0 Å². The second-order valence-corrected chi connectivity index (χ2v) is 9.83. The van der Waals surface area contributed by atoms with Gasteiger partial charge in [0.1, 0.15) is 0 Å². The molecule has 7 nitrogen and oxygen atoms in total. The van der Waals surface area contributed by atoms with Crippen LogP contribution in [0.5, 0.6) is 0 Å². The summed E-state index contributed by atoms with van der Waals surface area (Å²) in [5, 5.41) is 9.66. The predicted molar refractivity (Wildman–Crippen MR) is 120 cm³/mol. The van der Waals surface area contributed by atoms with Gasteiger partial charge in [0.05, 0.1) is 29.4 Å². The SMILES string of the molecule is O=C(O)c1cc(NS(=O)(=O)c2ccc(C3CCCCC3)cc2)ccc1N1CCOCC1. The molecule has 2 fully saturated rings. The molecule has 2 N–H and O–H groups in total. The number of carboxylic acid groups (broad SMARTS) is 1. The number of anilines is 2. The maximum absolute atomic E-state index is 12.9. The number of nitrogens with one attached hydrogen (secondary N) is 1. The van der Waals surface area contributed by atoms with Crippen LogP contribution in [-0.4, -0.2) is 45.8 Å². The van der Waals surface area contributed by atoms with Crippen LogP contribution in [0.4, 0.5) is 11.4 Å². The van der Waals surface area contributed by atoms with E-state index >= 15 is 0 Å². The van der Waals surface area contributed by atoms with Gasteiger partial charge in [-0.3, -0.25) is 4.72 Å². The highest BCUT2D eigenvalue weighted by atomic mass is 32.2. The average molecular weight is 445 g/mol. The van der Waals surface area contributed by atoms with Crippen LogP contribution in [0, 0.1) is 0 Å². The van der Waals surface area contributed by atoms with Gasteiger partial charge in [-0.2, -0.15) is 0 Å². The van der Waals surface area contributed by atoms with Gasteiger partial charge >= 0.3 is 5.97 Å². The number of aromatic carboxylic acids is 1. The monoisotopic (exact) mass is 444 g/mol. The lowest BCUT2D eigenvalue weighted by molar-refractivity contribution is 0.0696. The highest BCUT2D eigenvalue weighted by molar-refractivity contribution is 7.92. The standard InChI is InChI=1S/C23H28N2O5S/c26-23(27)21-16-19(8-11-22(21)25-12-14-30-15-13-25)24-31(28,29)20-9-6-18(7-10-20)17-4-2-1-3-5-17/h6-11,16-17,24H,1-5,12-15H2,(H,26,27). The Hall–Kier alpha value is -2.58. The Morgan fingerprint density at radius 3 is 2.32 bits per heavy atom. The number of morpholine rings is 1. The third-order valence-electron chi connectivity index (χ3n) is 6.10. The van der Waals surface area contributed by atoms with E-state index in [4.69, 9.17) is 4.74 Å². The number of rotatable bonds is 6. The zero-order valence-corrected chi connectivity index (χ0v) is 18.2. The van der Waals surface area contributed by atoms with Crippen LogP contribution in [0.25, 0.3) is 0 Å². The van der Waals surface area contributed by atoms with Crippen LogP contribution < -0.4 is 9.62 Å². The van der Waals surface area contributed by atoms with E-state index in [0.717, 1.165) is 12.8 Å². The van der Waals surface area contributed by atoms with E-state index < -0.39 is 16.0 Å². The summed E-state index contributed by atoms with van der Waals surface area (Å²) in [5.74, 6) is -0.594. The van der Waals surface area contributed by atoms with Crippen LogP contribution in [0.3, 0.4) is 0 Å². The summed E-state index contributed by atoms with van der Waals surface area (Å²) in [6.07, 6.45) is 6.02. The van der Waals surface area contributed by atoms with Gasteiger partial charge in [0, 0.05) is 18.8 Å². The Balaban J connectivity index is 1.53. The summed E-state index contributed by atoms with van der Waals surface area (Å²) in [4.78, 5) is 13.9. The number of carboxylic acids is 1. The molecule has 1 saturated heterocycles. The molecule has 31 heavy (non-hydrogen) atoms. The molecule has 2 aliphatic rings. The molecular formula is C23H28N2O5S. The number of carbonyl (C=O) groups is 1. The Kier molecular flexibility index (Phi) is 6.48. The van der Waals surface area contributed by atoms with Gasteiger partial charge in [-0.05, 0) is 54.7 Å². The number of nitrogens with zero attached hydrogens (tertiary/aromatic N) is 1. The molecule has 1 heterocycles. The van der Waals surface area contributed by atoms with E-state index in [9.17, 15) is 18.3 Å². The van der Waals surface area contributed by atoms with Gasteiger partial charge in [-0.25, -0.2) is 13.2 Å². The quantitative estimate of drug-likeness (QED) is 0.697. The van der Waals surface area contributed by atoms with Gasteiger partial charge in [0.25, 0.3) is 10.0 Å². The van der Waals surface area contributed by atoms with Crippen molar-refractivity contribution in [3.05, 3.63) is 53.6 Å². The normalized spacial score (nSPS) is 18.0. The Bertz CT molecular complexity index is 1020. The zero-order chi connectivity index (χ0) is 21.8. The van der Waals surface area contributed by atoms with Crippen LogP contribution in [-0.2, 0) is 14.8 Å². The van der Waals surface area contributed by atoms with E-state index in [1.807, 2.05) is 17.0 Å². The first kappa shape index (κ1) is 21.6. The van der Waals surface area contributed by atoms with Crippen molar-refractivity contribution < 1.29 is 23.1 Å². The summed E-state index contributed by atoms with van der Waals surface area (Å²) in [6, 6.07) is 11.7. The first-order chi connectivity index (χ1) is 14.9. The maximum atomic E-state index is 12.9.